The van der Waals surface area contributed by atoms with Crippen molar-refractivity contribution in [2.45, 2.75) is 26.1 Å². The third-order valence-corrected chi connectivity index (χ3v) is 5.49. The summed E-state index contributed by atoms with van der Waals surface area (Å²) in [6, 6.07) is 3.78. The Balaban J connectivity index is 1.73. The number of nitrogens with one attached hydrogen (secondary N) is 2. The number of thiophene rings is 1. The van der Waals surface area contributed by atoms with E-state index in [1.165, 1.54) is 6.21 Å². The second-order valence-corrected chi connectivity index (χ2v) is 7.70. The van der Waals surface area contributed by atoms with Gasteiger partial charge in [0.25, 0.3) is 0 Å². The second-order valence-electron chi connectivity index (χ2n) is 6.65. The number of ether oxygens (including phenoxy) is 1. The van der Waals surface area contributed by atoms with Gasteiger partial charge in [0.15, 0.2) is 0 Å². The maximum absolute atomic E-state index is 7.17. The molecule has 0 saturated carbocycles. The Hall–Kier alpha value is -2.16. The van der Waals surface area contributed by atoms with Crippen molar-refractivity contribution in [3.05, 3.63) is 23.1 Å². The molecule has 140 valence electrons. The largest absolute Gasteiger partial charge is 0.398 e. The molecule has 7 nitrogen and oxygen atoms in total. The number of hydrogen-bond acceptors (Lipinski definition) is 8. The highest BCUT2D eigenvalue weighted by Crippen LogP contribution is 2.34. The highest BCUT2D eigenvalue weighted by atomic mass is 32.1. The lowest BCUT2D eigenvalue weighted by Crippen LogP contribution is -2.46. The number of pyridine rings is 1. The van der Waals surface area contributed by atoms with E-state index in [2.05, 4.69) is 29.0 Å². The number of fused-ring (bicyclic) bond motifs is 1. The van der Waals surface area contributed by atoms with Gasteiger partial charge >= 0.3 is 0 Å². The molecule has 8 heteroatoms. The summed E-state index contributed by atoms with van der Waals surface area (Å²) in [6.45, 7) is 7.89. The number of anilines is 2. The van der Waals surface area contributed by atoms with E-state index in [1.54, 1.807) is 17.4 Å². The Kier molecular flexibility index (Phi) is 5.75. The first kappa shape index (κ1) is 18.6. The number of morpholine rings is 1. The molecule has 0 aliphatic carbocycles. The smallest absolute Gasteiger partial charge is 0.126 e. The third-order valence-electron chi connectivity index (χ3n) is 4.28. The average Bonchev–Trinajstić information content (AvgIpc) is 2.98. The van der Waals surface area contributed by atoms with Crippen LogP contribution >= 0.6 is 11.3 Å². The first-order chi connectivity index (χ1) is 12.5. The Labute approximate surface area is 157 Å². The van der Waals surface area contributed by atoms with E-state index < -0.39 is 0 Å². The van der Waals surface area contributed by atoms with Gasteiger partial charge in [-0.1, -0.05) is 0 Å². The van der Waals surface area contributed by atoms with Crippen molar-refractivity contribution in [3.8, 4) is 0 Å². The number of rotatable bonds is 6. The number of nitrogens with zero attached hydrogens (tertiary/aromatic N) is 2. The van der Waals surface area contributed by atoms with Gasteiger partial charge in [0.05, 0.1) is 38.7 Å². The highest BCUT2D eigenvalue weighted by molar-refractivity contribution is 7.20. The zero-order valence-electron chi connectivity index (χ0n) is 15.2. The minimum absolute atomic E-state index is 0.269. The molecule has 0 unspecified atom stereocenters. The lowest BCUT2D eigenvalue weighted by Gasteiger charge is -2.35. The summed E-state index contributed by atoms with van der Waals surface area (Å²) in [5, 5.41) is 10.7. The molecule has 0 aromatic carbocycles. The molecule has 0 radical (unpaired) electrons. The van der Waals surface area contributed by atoms with Crippen molar-refractivity contribution in [3.63, 3.8) is 0 Å². The summed E-state index contributed by atoms with van der Waals surface area (Å²) < 4.78 is 6.81. The summed E-state index contributed by atoms with van der Waals surface area (Å²) in [6.07, 6.45) is 3.29. The number of aromatic nitrogens is 1. The van der Waals surface area contributed by atoms with Gasteiger partial charge in [-0.15, -0.1) is 11.3 Å². The number of nitrogens with two attached hydrogens (primary N) is 2. The van der Waals surface area contributed by atoms with Crippen LogP contribution in [0.3, 0.4) is 0 Å². The Morgan fingerprint density at radius 3 is 2.85 bits per heavy atom. The van der Waals surface area contributed by atoms with Gasteiger partial charge in [-0.05, 0) is 26.0 Å². The molecule has 0 spiro atoms. The van der Waals surface area contributed by atoms with Crippen molar-refractivity contribution in [2.75, 3.05) is 37.2 Å². The van der Waals surface area contributed by atoms with E-state index in [0.29, 0.717) is 11.5 Å². The van der Waals surface area contributed by atoms with Gasteiger partial charge in [0.2, 0.25) is 0 Å². The standard InChI is InChI=1S/C18H26N6OS/c1-11-9-24(10-12(2)25-11)6-5-22-14-8-17(21)23-15-7-16(26-18(14)15)13(20)3-4-19/h3-4,7-8,11-12,19H,5-6,9-10,20H2,1-2H3,(H3,21,22,23)/b13-3-,19-4?/t11-,12+. The average molecular weight is 375 g/mol. The number of nitrogen functional groups attached to an aromatic ring is 1. The van der Waals surface area contributed by atoms with Crippen LogP contribution in [0.25, 0.3) is 15.9 Å². The van der Waals surface area contributed by atoms with Crippen molar-refractivity contribution in [1.82, 2.24) is 9.88 Å². The summed E-state index contributed by atoms with van der Waals surface area (Å²) in [5.74, 6) is 0.479. The van der Waals surface area contributed by atoms with Crippen molar-refractivity contribution < 1.29 is 4.74 Å². The molecule has 2 atom stereocenters. The molecule has 1 fully saturated rings. The third kappa shape index (κ3) is 4.32. The van der Waals surface area contributed by atoms with Gasteiger partial charge in [-0.3, -0.25) is 4.90 Å². The van der Waals surface area contributed by atoms with E-state index >= 15 is 0 Å². The number of hydrogen-bond donors (Lipinski definition) is 4. The van der Waals surface area contributed by atoms with Crippen LogP contribution in [0.4, 0.5) is 11.5 Å². The van der Waals surface area contributed by atoms with Crippen molar-refractivity contribution in [1.29, 1.82) is 5.41 Å². The maximum atomic E-state index is 7.17. The van der Waals surface area contributed by atoms with Gasteiger partial charge in [0.1, 0.15) is 5.82 Å². The first-order valence-electron chi connectivity index (χ1n) is 8.74. The molecule has 3 heterocycles. The second kappa shape index (κ2) is 8.03. The minimum Gasteiger partial charge on any atom is -0.398 e. The summed E-state index contributed by atoms with van der Waals surface area (Å²) in [7, 11) is 0. The van der Waals surface area contributed by atoms with E-state index in [1.807, 2.05) is 12.1 Å². The van der Waals surface area contributed by atoms with Crippen LogP contribution in [0.15, 0.2) is 18.2 Å². The van der Waals surface area contributed by atoms with Crippen LogP contribution in [0.5, 0.6) is 0 Å². The molecule has 0 bridgehead atoms. The summed E-state index contributed by atoms with van der Waals surface area (Å²) in [5.41, 5.74) is 14.3. The van der Waals surface area contributed by atoms with Gasteiger partial charge < -0.3 is 26.9 Å². The topological polar surface area (TPSA) is 113 Å². The van der Waals surface area contributed by atoms with E-state index in [-0.39, 0.29) is 12.2 Å². The number of allylic oxidation sites excluding steroid dienone is 1. The van der Waals surface area contributed by atoms with Crippen molar-refractivity contribution in [2.24, 2.45) is 5.73 Å². The van der Waals surface area contributed by atoms with E-state index in [9.17, 15) is 0 Å². The highest BCUT2D eigenvalue weighted by Gasteiger charge is 2.21. The lowest BCUT2D eigenvalue weighted by atomic mass is 10.2. The molecule has 6 N–H and O–H groups in total. The molecule has 2 aromatic heterocycles. The molecule has 1 aliphatic rings. The first-order valence-corrected chi connectivity index (χ1v) is 9.56. The molecule has 3 rings (SSSR count). The fraction of sp³-hybridized carbons (Fsp3) is 0.444. The van der Waals surface area contributed by atoms with Crippen LogP contribution in [-0.4, -0.2) is 54.5 Å². The zero-order valence-corrected chi connectivity index (χ0v) is 16.0. The van der Waals surface area contributed by atoms with Crippen molar-refractivity contribution >= 4 is 45.0 Å². The molecule has 2 aromatic rings. The van der Waals surface area contributed by atoms with E-state index in [0.717, 1.165) is 47.0 Å². The zero-order chi connectivity index (χ0) is 18.7. The molecular weight excluding hydrogens is 348 g/mol. The molecule has 0 amide bonds. The maximum Gasteiger partial charge on any atom is 0.126 e. The van der Waals surface area contributed by atoms with Crippen LogP contribution in [-0.2, 0) is 4.74 Å². The van der Waals surface area contributed by atoms with Crippen LogP contribution in [0.1, 0.15) is 18.7 Å². The van der Waals surface area contributed by atoms with Crippen LogP contribution in [0, 0.1) is 5.41 Å². The van der Waals surface area contributed by atoms with Crippen LogP contribution in [0.2, 0.25) is 0 Å². The predicted molar refractivity (Wildman–Crippen MR) is 110 cm³/mol. The molecule has 1 saturated heterocycles. The Morgan fingerprint density at radius 2 is 2.15 bits per heavy atom. The fourth-order valence-electron chi connectivity index (χ4n) is 3.30. The minimum atomic E-state index is 0.269. The van der Waals surface area contributed by atoms with Gasteiger partial charge in [0, 0.05) is 38.5 Å². The molecular formula is C18H26N6OS. The monoisotopic (exact) mass is 374 g/mol. The molecule has 1 aliphatic heterocycles. The Bertz CT molecular complexity index is 807. The summed E-state index contributed by atoms with van der Waals surface area (Å²) in [4.78, 5) is 7.70. The Morgan fingerprint density at radius 1 is 1.42 bits per heavy atom. The SMILES string of the molecule is C[C@@H]1CN(CCNc2cc(N)nc3cc(/C(N)=C/C=N)sc23)C[C@H](C)O1. The quantitative estimate of drug-likeness (QED) is 0.577. The van der Waals surface area contributed by atoms with Gasteiger partial charge in [-0.25, -0.2) is 4.98 Å². The van der Waals surface area contributed by atoms with E-state index in [4.69, 9.17) is 21.6 Å². The summed E-state index contributed by atoms with van der Waals surface area (Å²) >= 11 is 1.56. The lowest BCUT2D eigenvalue weighted by molar-refractivity contribution is -0.0667. The van der Waals surface area contributed by atoms with Gasteiger partial charge in [-0.2, -0.15) is 0 Å². The van der Waals surface area contributed by atoms with Crippen LogP contribution < -0.4 is 16.8 Å². The normalized spacial score (nSPS) is 21.8. The molecule has 26 heavy (non-hydrogen) atoms. The predicted octanol–water partition coefficient (Wildman–Crippen LogP) is 2.35. The fourth-order valence-corrected chi connectivity index (χ4v) is 4.33.